The number of nitrogens with one attached hydrogen (secondary N) is 1. The van der Waals surface area contributed by atoms with Crippen molar-refractivity contribution in [3.63, 3.8) is 0 Å². The van der Waals surface area contributed by atoms with Gasteiger partial charge in [-0.1, -0.05) is 29.8 Å². The fourth-order valence-corrected chi connectivity index (χ4v) is 2.87. The van der Waals surface area contributed by atoms with Gasteiger partial charge in [-0.15, -0.1) is 0 Å². The molecule has 0 spiro atoms. The van der Waals surface area contributed by atoms with E-state index in [9.17, 15) is 14.0 Å². The van der Waals surface area contributed by atoms with Gasteiger partial charge in [-0.2, -0.15) is 0 Å². The molecule has 1 N–H and O–H groups in total. The highest BCUT2D eigenvalue weighted by atomic mass is 19.1. The second-order valence-electron chi connectivity index (χ2n) is 6.04. The molecule has 0 saturated carbocycles. The molecule has 2 aromatic rings. The number of aryl methyl sites for hydroxylation is 1. The van der Waals surface area contributed by atoms with E-state index < -0.39 is 6.04 Å². The lowest BCUT2D eigenvalue weighted by molar-refractivity contribution is -0.126. The maximum Gasteiger partial charge on any atom is 0.249 e. The third-order valence-electron chi connectivity index (χ3n) is 4.14. The molecule has 0 radical (unpaired) electrons. The monoisotopic (exact) mass is 326 g/mol. The number of benzene rings is 2. The molecule has 0 aliphatic carbocycles. The van der Waals surface area contributed by atoms with E-state index in [0.29, 0.717) is 18.5 Å². The van der Waals surface area contributed by atoms with Crippen LogP contribution in [0.25, 0.3) is 0 Å². The van der Waals surface area contributed by atoms with E-state index in [1.165, 1.54) is 12.1 Å². The van der Waals surface area contributed by atoms with Crippen LogP contribution in [0.3, 0.4) is 0 Å². The highest BCUT2D eigenvalue weighted by molar-refractivity contribution is 6.01. The van der Waals surface area contributed by atoms with E-state index >= 15 is 0 Å². The number of rotatable bonds is 4. The molecule has 1 saturated heterocycles. The Morgan fingerprint density at radius 3 is 2.71 bits per heavy atom. The van der Waals surface area contributed by atoms with Crippen molar-refractivity contribution in [3.8, 4) is 0 Å². The van der Waals surface area contributed by atoms with Crippen molar-refractivity contribution < 1.29 is 14.0 Å². The second kappa shape index (κ2) is 6.83. The lowest BCUT2D eigenvalue weighted by atomic mass is 10.1. The number of carbonyl (C=O) groups excluding carboxylic acids is 2. The number of nitrogens with zero attached hydrogens (tertiary/aromatic N) is 1. The fourth-order valence-electron chi connectivity index (χ4n) is 2.87. The Kier molecular flexibility index (Phi) is 4.60. The van der Waals surface area contributed by atoms with Crippen LogP contribution in [0.5, 0.6) is 0 Å². The van der Waals surface area contributed by atoms with E-state index in [-0.39, 0.29) is 24.1 Å². The largest absolute Gasteiger partial charge is 0.344 e. The molecular formula is C19H19FN2O2. The lowest BCUT2D eigenvalue weighted by Gasteiger charge is -2.17. The van der Waals surface area contributed by atoms with Gasteiger partial charge >= 0.3 is 0 Å². The Labute approximate surface area is 140 Å². The molecule has 24 heavy (non-hydrogen) atoms. The van der Waals surface area contributed by atoms with E-state index in [2.05, 4.69) is 5.32 Å². The molecule has 2 aromatic carbocycles. The molecule has 0 aromatic heterocycles. The van der Waals surface area contributed by atoms with Crippen molar-refractivity contribution in [1.29, 1.82) is 0 Å². The van der Waals surface area contributed by atoms with Crippen LogP contribution in [0.4, 0.5) is 10.1 Å². The van der Waals surface area contributed by atoms with Crippen LogP contribution in [0.1, 0.15) is 17.5 Å². The zero-order chi connectivity index (χ0) is 17.1. The molecule has 5 heteroatoms. The minimum absolute atomic E-state index is 0.0616. The molecule has 124 valence electrons. The molecule has 1 aliphatic rings. The van der Waals surface area contributed by atoms with Gasteiger partial charge in [-0.25, -0.2) is 4.39 Å². The third-order valence-corrected chi connectivity index (χ3v) is 4.14. The van der Waals surface area contributed by atoms with E-state index in [1.807, 2.05) is 31.2 Å². The molecular weight excluding hydrogens is 307 g/mol. The SMILES string of the molecule is Cc1ccc(N2CC[C@H](NC(=O)Cc3cccc(F)c3)C2=O)cc1. The average Bonchev–Trinajstić information content (AvgIpc) is 2.89. The Hall–Kier alpha value is -2.69. The zero-order valence-electron chi connectivity index (χ0n) is 13.5. The second-order valence-corrected chi connectivity index (χ2v) is 6.04. The quantitative estimate of drug-likeness (QED) is 0.939. The van der Waals surface area contributed by atoms with Crippen molar-refractivity contribution in [1.82, 2.24) is 5.32 Å². The van der Waals surface area contributed by atoms with Crippen LogP contribution in [0, 0.1) is 12.7 Å². The van der Waals surface area contributed by atoms with E-state index in [1.54, 1.807) is 17.0 Å². The predicted molar refractivity (Wildman–Crippen MR) is 90.2 cm³/mol. The van der Waals surface area contributed by atoms with Crippen molar-refractivity contribution >= 4 is 17.5 Å². The summed E-state index contributed by atoms with van der Waals surface area (Å²) in [5.74, 6) is -0.751. The van der Waals surface area contributed by atoms with E-state index in [0.717, 1.165) is 11.3 Å². The molecule has 0 bridgehead atoms. The van der Waals surface area contributed by atoms with Crippen molar-refractivity contribution in [3.05, 3.63) is 65.5 Å². The molecule has 1 atom stereocenters. The first-order valence-corrected chi connectivity index (χ1v) is 7.95. The number of hydrogen-bond acceptors (Lipinski definition) is 2. The highest BCUT2D eigenvalue weighted by Crippen LogP contribution is 2.22. The predicted octanol–water partition coefficient (Wildman–Crippen LogP) is 2.60. The standard InChI is InChI=1S/C19H19FN2O2/c1-13-5-7-16(8-6-13)22-10-9-17(19(22)24)21-18(23)12-14-3-2-4-15(20)11-14/h2-8,11,17H,9-10,12H2,1H3,(H,21,23)/t17-/m0/s1. The Balaban J connectivity index is 1.61. The summed E-state index contributed by atoms with van der Waals surface area (Å²) in [5, 5.41) is 2.76. The Bertz CT molecular complexity index is 758. The van der Waals surface area contributed by atoms with E-state index in [4.69, 9.17) is 0 Å². The van der Waals surface area contributed by atoms with Crippen LogP contribution < -0.4 is 10.2 Å². The van der Waals surface area contributed by atoms with Crippen LogP contribution in [0.2, 0.25) is 0 Å². The zero-order valence-corrected chi connectivity index (χ0v) is 13.5. The van der Waals surface area contributed by atoms with Gasteiger partial charge in [0.25, 0.3) is 0 Å². The van der Waals surface area contributed by atoms with Crippen molar-refractivity contribution in [2.75, 3.05) is 11.4 Å². The molecule has 2 amide bonds. The van der Waals surface area contributed by atoms with Crippen LogP contribution in [0.15, 0.2) is 48.5 Å². The van der Waals surface area contributed by atoms with Crippen LogP contribution in [-0.4, -0.2) is 24.4 Å². The minimum Gasteiger partial charge on any atom is -0.344 e. The normalized spacial score (nSPS) is 17.2. The Morgan fingerprint density at radius 1 is 1.25 bits per heavy atom. The topological polar surface area (TPSA) is 49.4 Å². The smallest absolute Gasteiger partial charge is 0.249 e. The fraction of sp³-hybridized carbons (Fsp3) is 0.263. The first kappa shape index (κ1) is 16.2. The van der Waals surface area contributed by atoms with Gasteiger partial charge in [0.15, 0.2) is 0 Å². The lowest BCUT2D eigenvalue weighted by Crippen LogP contribution is -2.42. The summed E-state index contributed by atoms with van der Waals surface area (Å²) in [5.41, 5.74) is 2.56. The summed E-state index contributed by atoms with van der Waals surface area (Å²) in [6.45, 7) is 2.57. The summed E-state index contributed by atoms with van der Waals surface area (Å²) < 4.78 is 13.2. The van der Waals surface area contributed by atoms with Gasteiger partial charge in [0.1, 0.15) is 11.9 Å². The molecule has 0 unspecified atom stereocenters. The van der Waals surface area contributed by atoms with Crippen molar-refractivity contribution in [2.24, 2.45) is 0 Å². The summed E-state index contributed by atoms with van der Waals surface area (Å²) in [6, 6.07) is 13.1. The molecule has 1 fully saturated rings. The minimum atomic E-state index is -0.521. The first-order valence-electron chi connectivity index (χ1n) is 7.95. The number of halogens is 1. The van der Waals surface area contributed by atoms with Crippen LogP contribution >= 0.6 is 0 Å². The molecule has 1 aliphatic heterocycles. The maximum absolute atomic E-state index is 13.2. The first-order chi connectivity index (χ1) is 11.5. The number of amides is 2. The summed E-state index contributed by atoms with van der Waals surface area (Å²) in [7, 11) is 0. The van der Waals surface area contributed by atoms with Gasteiger partial charge < -0.3 is 10.2 Å². The molecule has 3 rings (SSSR count). The maximum atomic E-state index is 13.2. The van der Waals surface area contributed by atoms with Crippen molar-refractivity contribution in [2.45, 2.75) is 25.8 Å². The molecule has 1 heterocycles. The van der Waals surface area contributed by atoms with Crippen LogP contribution in [-0.2, 0) is 16.0 Å². The summed E-state index contributed by atoms with van der Waals surface area (Å²) >= 11 is 0. The van der Waals surface area contributed by atoms with Gasteiger partial charge in [-0.05, 0) is 43.2 Å². The highest BCUT2D eigenvalue weighted by Gasteiger charge is 2.33. The summed E-state index contributed by atoms with van der Waals surface area (Å²) in [4.78, 5) is 26.3. The van der Waals surface area contributed by atoms with Gasteiger partial charge in [-0.3, -0.25) is 9.59 Å². The average molecular weight is 326 g/mol. The third kappa shape index (κ3) is 3.62. The summed E-state index contributed by atoms with van der Waals surface area (Å²) in [6.07, 6.45) is 0.633. The molecule has 4 nitrogen and oxygen atoms in total. The number of hydrogen-bond donors (Lipinski definition) is 1. The van der Waals surface area contributed by atoms with Gasteiger partial charge in [0, 0.05) is 12.2 Å². The van der Waals surface area contributed by atoms with Gasteiger partial charge in [0.2, 0.25) is 11.8 Å². The Morgan fingerprint density at radius 2 is 2.00 bits per heavy atom. The number of anilines is 1. The van der Waals surface area contributed by atoms with Gasteiger partial charge in [0.05, 0.1) is 6.42 Å². The number of carbonyl (C=O) groups is 2.